The molecule has 2 heterocycles. The van der Waals surface area contributed by atoms with Crippen LogP contribution in [0.1, 0.15) is 42.8 Å². The van der Waals surface area contributed by atoms with Crippen molar-refractivity contribution in [1.82, 2.24) is 14.5 Å². The Labute approximate surface area is 170 Å². The Balaban J connectivity index is 1.64. The van der Waals surface area contributed by atoms with Gasteiger partial charge in [-0.3, -0.25) is 0 Å². The molecule has 1 N–H and O–H groups in total. The summed E-state index contributed by atoms with van der Waals surface area (Å²) in [7, 11) is 0. The summed E-state index contributed by atoms with van der Waals surface area (Å²) in [6.07, 6.45) is 9.75. The Kier molecular flexibility index (Phi) is 4.48. The number of hydrogen-bond acceptors (Lipinski definition) is 1. The number of para-hydroxylation sites is 1. The number of benzene rings is 2. The highest BCUT2D eigenvalue weighted by Gasteiger charge is 2.39. The number of nitrogens with zero attached hydrogens (tertiary/aromatic N) is 2. The van der Waals surface area contributed by atoms with E-state index in [-0.39, 0.29) is 5.41 Å². The second kappa shape index (κ2) is 7.14. The van der Waals surface area contributed by atoms with Gasteiger partial charge in [0, 0.05) is 47.0 Å². The average molecular weight is 390 g/mol. The number of nitrogens with one attached hydrogen (secondary N) is 1. The van der Waals surface area contributed by atoms with E-state index >= 15 is 0 Å². The predicted octanol–water partition coefficient (Wildman–Crippen LogP) is 6.12. The van der Waals surface area contributed by atoms with E-state index in [1.54, 1.807) is 0 Å². The molecule has 0 bridgehead atoms. The highest BCUT2D eigenvalue weighted by Crippen LogP contribution is 2.45. The zero-order valence-corrected chi connectivity index (χ0v) is 16.6. The van der Waals surface area contributed by atoms with Gasteiger partial charge in [0.05, 0.1) is 0 Å². The van der Waals surface area contributed by atoms with Crippen molar-refractivity contribution in [3.8, 4) is 0 Å². The topological polar surface area (TPSA) is 33.6 Å². The van der Waals surface area contributed by atoms with Gasteiger partial charge in [-0.15, -0.1) is 0 Å². The van der Waals surface area contributed by atoms with E-state index in [9.17, 15) is 0 Å². The van der Waals surface area contributed by atoms with Gasteiger partial charge in [0.15, 0.2) is 0 Å². The monoisotopic (exact) mass is 389 g/mol. The normalized spacial score (nSPS) is 16.0. The highest BCUT2D eigenvalue weighted by atomic mass is 35.5. The molecule has 1 saturated carbocycles. The molecule has 2 aromatic heterocycles. The lowest BCUT2D eigenvalue weighted by Gasteiger charge is -2.30. The third-order valence-corrected chi connectivity index (χ3v) is 6.48. The predicted molar refractivity (Wildman–Crippen MR) is 115 cm³/mol. The SMILES string of the molecule is Clc1ccc(Cn2c(C3(Cc4ncc[nH]4)CCCC3)cc3ccccc32)cc1. The first-order chi connectivity index (χ1) is 13.7. The lowest BCUT2D eigenvalue weighted by Crippen LogP contribution is -2.29. The Morgan fingerprint density at radius 3 is 2.57 bits per heavy atom. The molecule has 0 radical (unpaired) electrons. The van der Waals surface area contributed by atoms with Gasteiger partial charge >= 0.3 is 0 Å². The van der Waals surface area contributed by atoms with Crippen LogP contribution in [-0.4, -0.2) is 14.5 Å². The van der Waals surface area contributed by atoms with Crippen molar-refractivity contribution in [2.24, 2.45) is 0 Å². The van der Waals surface area contributed by atoms with E-state index < -0.39 is 0 Å². The van der Waals surface area contributed by atoms with Gasteiger partial charge in [-0.2, -0.15) is 0 Å². The van der Waals surface area contributed by atoms with Crippen molar-refractivity contribution in [3.63, 3.8) is 0 Å². The van der Waals surface area contributed by atoms with Crippen LogP contribution in [0.15, 0.2) is 67.0 Å². The maximum atomic E-state index is 6.11. The van der Waals surface area contributed by atoms with Gasteiger partial charge in [-0.1, -0.05) is 54.8 Å². The molecule has 1 aliphatic carbocycles. The molecule has 2 aromatic carbocycles. The fourth-order valence-electron chi connectivity index (χ4n) is 4.88. The molecule has 0 unspecified atom stereocenters. The minimum Gasteiger partial charge on any atom is -0.349 e. The van der Waals surface area contributed by atoms with Crippen molar-refractivity contribution in [2.45, 2.75) is 44.1 Å². The first-order valence-electron chi connectivity index (χ1n) is 10.1. The summed E-state index contributed by atoms with van der Waals surface area (Å²) >= 11 is 6.11. The van der Waals surface area contributed by atoms with Crippen LogP contribution >= 0.6 is 11.6 Å². The highest BCUT2D eigenvalue weighted by molar-refractivity contribution is 6.30. The third kappa shape index (κ3) is 3.14. The maximum absolute atomic E-state index is 6.11. The van der Waals surface area contributed by atoms with Gasteiger partial charge in [-0.05, 0) is 48.1 Å². The third-order valence-electron chi connectivity index (χ3n) is 6.23. The molecule has 4 aromatic rings. The zero-order chi connectivity index (χ0) is 19.0. The van der Waals surface area contributed by atoms with Crippen molar-refractivity contribution in [3.05, 3.63) is 89.1 Å². The molecular formula is C24H24ClN3. The molecule has 3 nitrogen and oxygen atoms in total. The summed E-state index contributed by atoms with van der Waals surface area (Å²) < 4.78 is 2.52. The second-order valence-electron chi connectivity index (χ2n) is 8.00. The van der Waals surface area contributed by atoms with Crippen LogP contribution in [0.25, 0.3) is 10.9 Å². The summed E-state index contributed by atoms with van der Waals surface area (Å²) in [5.74, 6) is 1.09. The average Bonchev–Trinajstić information content (AvgIpc) is 3.45. The Hall–Kier alpha value is -2.52. The minimum absolute atomic E-state index is 0.142. The van der Waals surface area contributed by atoms with Crippen molar-refractivity contribution >= 4 is 22.5 Å². The molecule has 142 valence electrons. The van der Waals surface area contributed by atoms with Crippen LogP contribution in [0.4, 0.5) is 0 Å². The van der Waals surface area contributed by atoms with Gasteiger partial charge in [0.25, 0.3) is 0 Å². The Morgan fingerprint density at radius 2 is 1.82 bits per heavy atom. The smallest absolute Gasteiger partial charge is 0.106 e. The number of H-pyrrole nitrogens is 1. The quantitative estimate of drug-likeness (QED) is 0.438. The van der Waals surface area contributed by atoms with E-state index in [2.05, 4.69) is 57.0 Å². The summed E-state index contributed by atoms with van der Waals surface area (Å²) in [6.45, 7) is 0.861. The van der Waals surface area contributed by atoms with E-state index in [4.69, 9.17) is 11.6 Å². The molecule has 1 fully saturated rings. The molecule has 0 saturated heterocycles. The molecular weight excluding hydrogens is 366 g/mol. The van der Waals surface area contributed by atoms with Gasteiger partial charge in [-0.25, -0.2) is 4.98 Å². The first kappa shape index (κ1) is 17.6. The number of halogens is 1. The number of imidazole rings is 1. The van der Waals surface area contributed by atoms with Gasteiger partial charge in [0.2, 0.25) is 0 Å². The van der Waals surface area contributed by atoms with Crippen LogP contribution < -0.4 is 0 Å². The minimum atomic E-state index is 0.142. The number of hydrogen-bond donors (Lipinski definition) is 1. The Morgan fingerprint density at radius 1 is 1.04 bits per heavy atom. The summed E-state index contributed by atoms with van der Waals surface area (Å²) in [5, 5.41) is 2.10. The lowest BCUT2D eigenvalue weighted by atomic mass is 9.79. The van der Waals surface area contributed by atoms with E-state index in [0.717, 1.165) is 23.8 Å². The van der Waals surface area contributed by atoms with E-state index in [1.165, 1.54) is 47.8 Å². The summed E-state index contributed by atoms with van der Waals surface area (Å²) in [4.78, 5) is 7.88. The van der Waals surface area contributed by atoms with Crippen LogP contribution in [0.2, 0.25) is 5.02 Å². The largest absolute Gasteiger partial charge is 0.349 e. The molecule has 4 heteroatoms. The van der Waals surface area contributed by atoms with Crippen LogP contribution in [0.3, 0.4) is 0 Å². The lowest BCUT2D eigenvalue weighted by molar-refractivity contribution is 0.401. The van der Waals surface area contributed by atoms with Crippen LogP contribution in [-0.2, 0) is 18.4 Å². The molecule has 0 spiro atoms. The van der Waals surface area contributed by atoms with Crippen LogP contribution in [0, 0.1) is 0 Å². The second-order valence-corrected chi connectivity index (χ2v) is 8.44. The fourth-order valence-corrected chi connectivity index (χ4v) is 5.01. The maximum Gasteiger partial charge on any atom is 0.106 e. The molecule has 1 aliphatic rings. The van der Waals surface area contributed by atoms with E-state index in [1.807, 2.05) is 24.5 Å². The molecule has 5 rings (SSSR count). The zero-order valence-electron chi connectivity index (χ0n) is 15.9. The van der Waals surface area contributed by atoms with Crippen molar-refractivity contribution in [1.29, 1.82) is 0 Å². The number of fused-ring (bicyclic) bond motifs is 1. The Bertz CT molecular complexity index is 1070. The molecule has 28 heavy (non-hydrogen) atoms. The number of rotatable bonds is 5. The first-order valence-corrected chi connectivity index (χ1v) is 10.4. The van der Waals surface area contributed by atoms with Crippen molar-refractivity contribution in [2.75, 3.05) is 0 Å². The molecule has 0 aliphatic heterocycles. The molecule has 0 amide bonds. The standard InChI is InChI=1S/C24H24ClN3/c25-20-9-7-18(8-10-20)17-28-21-6-2-1-5-19(21)15-22(28)24(11-3-4-12-24)16-23-26-13-14-27-23/h1-2,5-10,13-15H,3-4,11-12,16-17H2,(H,26,27). The van der Waals surface area contributed by atoms with Gasteiger partial charge < -0.3 is 9.55 Å². The molecule has 0 atom stereocenters. The van der Waals surface area contributed by atoms with Gasteiger partial charge in [0.1, 0.15) is 5.82 Å². The fraction of sp³-hybridized carbons (Fsp3) is 0.292. The van der Waals surface area contributed by atoms with E-state index in [0.29, 0.717) is 0 Å². The number of aromatic nitrogens is 3. The number of aromatic amines is 1. The summed E-state index contributed by atoms with van der Waals surface area (Å²) in [5.41, 5.74) is 4.16. The van der Waals surface area contributed by atoms with Crippen LogP contribution in [0.5, 0.6) is 0 Å². The van der Waals surface area contributed by atoms with Crippen molar-refractivity contribution < 1.29 is 0 Å². The summed E-state index contributed by atoms with van der Waals surface area (Å²) in [6, 6.07) is 19.4.